The highest BCUT2D eigenvalue weighted by molar-refractivity contribution is 6.30. The number of benzene rings is 1. The Morgan fingerprint density at radius 3 is 2.81 bits per heavy atom. The topological polar surface area (TPSA) is 46.2 Å². The van der Waals surface area contributed by atoms with Crippen LogP contribution in [0.1, 0.15) is 11.7 Å². The van der Waals surface area contributed by atoms with E-state index >= 15 is 0 Å². The summed E-state index contributed by atoms with van der Waals surface area (Å²) in [6, 6.07) is 8.92. The number of anilines is 2. The number of pyridine rings is 1. The van der Waals surface area contributed by atoms with Crippen LogP contribution in [0, 0.1) is 5.82 Å². The summed E-state index contributed by atoms with van der Waals surface area (Å²) >= 11 is 5.68. The zero-order valence-corrected chi connectivity index (χ0v) is 12.0. The number of halogens is 2. The van der Waals surface area contributed by atoms with Gasteiger partial charge < -0.3 is 15.4 Å². The van der Waals surface area contributed by atoms with Crippen molar-refractivity contribution in [1.29, 1.82) is 0 Å². The predicted octanol–water partition coefficient (Wildman–Crippen LogP) is 3.28. The van der Waals surface area contributed by atoms with Crippen molar-refractivity contribution in [3.63, 3.8) is 0 Å². The molecule has 2 aromatic rings. The van der Waals surface area contributed by atoms with E-state index in [1.165, 1.54) is 12.3 Å². The van der Waals surface area contributed by atoms with Crippen LogP contribution >= 0.6 is 11.6 Å². The summed E-state index contributed by atoms with van der Waals surface area (Å²) in [5, 5.41) is 6.49. The molecule has 3 rings (SSSR count). The maximum absolute atomic E-state index is 13.7. The summed E-state index contributed by atoms with van der Waals surface area (Å²) in [6.07, 6.45) is 1.47. The van der Waals surface area contributed by atoms with E-state index in [1.807, 2.05) is 24.3 Å². The molecule has 0 aliphatic carbocycles. The Bertz CT molecular complexity index is 615. The van der Waals surface area contributed by atoms with E-state index < -0.39 is 5.82 Å². The summed E-state index contributed by atoms with van der Waals surface area (Å²) in [5.41, 5.74) is 1.86. The van der Waals surface area contributed by atoms with Crippen LogP contribution in [-0.4, -0.2) is 24.7 Å². The van der Waals surface area contributed by atoms with Gasteiger partial charge in [-0.1, -0.05) is 23.7 Å². The SMILES string of the molecule is Fc1cc(Cl)cnc1Nc1ccc(C2CNCCO2)cc1. The molecule has 4 nitrogen and oxygen atoms in total. The Hall–Kier alpha value is -1.69. The van der Waals surface area contributed by atoms with E-state index in [4.69, 9.17) is 16.3 Å². The van der Waals surface area contributed by atoms with E-state index in [0.29, 0.717) is 6.61 Å². The number of nitrogens with one attached hydrogen (secondary N) is 2. The number of hydrogen-bond acceptors (Lipinski definition) is 4. The number of hydrogen-bond donors (Lipinski definition) is 2. The molecule has 0 amide bonds. The van der Waals surface area contributed by atoms with Gasteiger partial charge in [0.2, 0.25) is 0 Å². The summed E-state index contributed by atoms with van der Waals surface area (Å²) in [6.45, 7) is 2.41. The molecule has 1 aliphatic rings. The van der Waals surface area contributed by atoms with Gasteiger partial charge in [0.25, 0.3) is 0 Å². The highest BCUT2D eigenvalue weighted by Crippen LogP contribution is 2.23. The van der Waals surface area contributed by atoms with Gasteiger partial charge in [0.1, 0.15) is 0 Å². The predicted molar refractivity (Wildman–Crippen MR) is 80.5 cm³/mol. The summed E-state index contributed by atoms with van der Waals surface area (Å²) in [5.74, 6) is -0.325. The van der Waals surface area contributed by atoms with Crippen molar-refractivity contribution in [2.24, 2.45) is 0 Å². The van der Waals surface area contributed by atoms with E-state index in [1.54, 1.807) is 0 Å². The van der Waals surface area contributed by atoms with Gasteiger partial charge in [0.05, 0.1) is 17.7 Å². The monoisotopic (exact) mass is 307 g/mol. The zero-order valence-electron chi connectivity index (χ0n) is 11.3. The molecule has 1 aromatic heterocycles. The van der Waals surface area contributed by atoms with Crippen LogP contribution in [0.25, 0.3) is 0 Å². The van der Waals surface area contributed by atoms with Gasteiger partial charge in [-0.3, -0.25) is 0 Å². The molecule has 2 heterocycles. The fraction of sp³-hybridized carbons (Fsp3) is 0.267. The van der Waals surface area contributed by atoms with Gasteiger partial charge in [-0.05, 0) is 23.8 Å². The Morgan fingerprint density at radius 1 is 1.33 bits per heavy atom. The molecule has 1 unspecified atom stereocenters. The highest BCUT2D eigenvalue weighted by atomic mass is 35.5. The molecule has 6 heteroatoms. The molecule has 21 heavy (non-hydrogen) atoms. The summed E-state index contributed by atoms with van der Waals surface area (Å²) in [4.78, 5) is 3.93. The van der Waals surface area contributed by atoms with E-state index in [9.17, 15) is 4.39 Å². The summed E-state index contributed by atoms with van der Waals surface area (Å²) < 4.78 is 19.4. The van der Waals surface area contributed by atoms with E-state index in [-0.39, 0.29) is 16.9 Å². The number of aromatic nitrogens is 1. The molecule has 110 valence electrons. The quantitative estimate of drug-likeness (QED) is 0.913. The lowest BCUT2D eigenvalue weighted by molar-refractivity contribution is 0.0277. The van der Waals surface area contributed by atoms with Crippen molar-refractivity contribution in [3.8, 4) is 0 Å². The molecule has 1 saturated heterocycles. The van der Waals surface area contributed by atoms with Crippen molar-refractivity contribution < 1.29 is 9.13 Å². The van der Waals surface area contributed by atoms with Gasteiger partial charge in [-0.2, -0.15) is 0 Å². The number of rotatable bonds is 3. The second kappa shape index (κ2) is 6.39. The van der Waals surface area contributed by atoms with E-state index in [2.05, 4.69) is 15.6 Å². The first-order valence-electron chi connectivity index (χ1n) is 6.73. The first-order valence-corrected chi connectivity index (χ1v) is 7.10. The normalized spacial score (nSPS) is 18.5. The van der Waals surface area contributed by atoms with Crippen LogP contribution in [0.4, 0.5) is 15.9 Å². The molecule has 1 aliphatic heterocycles. The minimum atomic E-state index is -0.480. The minimum absolute atomic E-state index is 0.0678. The molecule has 0 bridgehead atoms. The number of morpholine rings is 1. The average molecular weight is 308 g/mol. The van der Waals surface area contributed by atoms with Gasteiger partial charge in [-0.25, -0.2) is 9.37 Å². The van der Waals surface area contributed by atoms with Gasteiger partial charge in [-0.15, -0.1) is 0 Å². The molecule has 1 atom stereocenters. The minimum Gasteiger partial charge on any atom is -0.371 e. The Morgan fingerprint density at radius 2 is 2.14 bits per heavy atom. The Labute approximate surface area is 127 Å². The fourth-order valence-corrected chi connectivity index (χ4v) is 2.35. The fourth-order valence-electron chi connectivity index (χ4n) is 2.20. The smallest absolute Gasteiger partial charge is 0.167 e. The van der Waals surface area contributed by atoms with E-state index in [0.717, 1.165) is 24.3 Å². The van der Waals surface area contributed by atoms with Gasteiger partial charge in [0, 0.05) is 25.0 Å². The number of nitrogens with zero attached hydrogens (tertiary/aromatic N) is 1. The van der Waals surface area contributed by atoms with Crippen molar-refractivity contribution in [2.75, 3.05) is 25.0 Å². The molecule has 2 N–H and O–H groups in total. The van der Waals surface area contributed by atoms with Crippen molar-refractivity contribution in [1.82, 2.24) is 10.3 Å². The third kappa shape index (κ3) is 3.50. The first kappa shape index (κ1) is 14.3. The lowest BCUT2D eigenvalue weighted by Crippen LogP contribution is -2.33. The average Bonchev–Trinajstić information content (AvgIpc) is 2.52. The van der Waals surface area contributed by atoms with Crippen molar-refractivity contribution >= 4 is 23.1 Å². The second-order valence-electron chi connectivity index (χ2n) is 4.79. The van der Waals surface area contributed by atoms with Crippen LogP contribution < -0.4 is 10.6 Å². The lowest BCUT2D eigenvalue weighted by Gasteiger charge is -2.24. The van der Waals surface area contributed by atoms with Crippen LogP contribution in [0.3, 0.4) is 0 Å². The third-order valence-corrected chi connectivity index (χ3v) is 3.49. The standard InChI is InChI=1S/C15H15ClFN3O/c16-11-7-13(17)15(19-8-11)20-12-3-1-10(2-4-12)14-9-18-5-6-21-14/h1-4,7-8,14,18H,5-6,9H2,(H,19,20). The second-order valence-corrected chi connectivity index (χ2v) is 5.23. The molecule has 1 aromatic carbocycles. The molecule has 0 radical (unpaired) electrons. The molecule has 0 saturated carbocycles. The van der Waals surface area contributed by atoms with Gasteiger partial charge in [0.15, 0.2) is 11.6 Å². The maximum atomic E-state index is 13.7. The molecule has 1 fully saturated rings. The molecular weight excluding hydrogens is 293 g/mol. The van der Waals surface area contributed by atoms with Gasteiger partial charge >= 0.3 is 0 Å². The van der Waals surface area contributed by atoms with Crippen LogP contribution in [0.5, 0.6) is 0 Å². The maximum Gasteiger partial charge on any atom is 0.167 e. The largest absolute Gasteiger partial charge is 0.371 e. The first-order chi connectivity index (χ1) is 10.2. The van der Waals surface area contributed by atoms with Crippen LogP contribution in [0.2, 0.25) is 5.02 Å². The molecular formula is C15H15ClFN3O. The lowest BCUT2D eigenvalue weighted by atomic mass is 10.1. The van der Waals surface area contributed by atoms with Crippen molar-refractivity contribution in [2.45, 2.75) is 6.10 Å². The van der Waals surface area contributed by atoms with Crippen molar-refractivity contribution in [3.05, 3.63) is 52.9 Å². The zero-order chi connectivity index (χ0) is 14.7. The highest BCUT2D eigenvalue weighted by Gasteiger charge is 2.15. The number of ether oxygens (including phenoxy) is 1. The summed E-state index contributed by atoms with van der Waals surface area (Å²) in [7, 11) is 0. The Balaban J connectivity index is 1.71. The Kier molecular flexibility index (Phi) is 4.34. The molecule has 0 spiro atoms. The van der Waals surface area contributed by atoms with Crippen LogP contribution in [0.15, 0.2) is 36.5 Å². The van der Waals surface area contributed by atoms with Crippen LogP contribution in [-0.2, 0) is 4.74 Å². The third-order valence-electron chi connectivity index (χ3n) is 3.28.